The van der Waals surface area contributed by atoms with Crippen LogP contribution in [0, 0.1) is 17.0 Å². The van der Waals surface area contributed by atoms with Crippen LogP contribution in [0.5, 0.6) is 0 Å². The van der Waals surface area contributed by atoms with Crippen molar-refractivity contribution in [3.8, 4) is 0 Å². The topological polar surface area (TPSA) is 71.1 Å². The molecule has 160 valence electrons. The number of benzene rings is 1. The van der Waals surface area contributed by atoms with Gasteiger partial charge in [0.1, 0.15) is 11.6 Å². The number of allylic oxidation sites excluding steroid dienone is 3. The predicted molar refractivity (Wildman–Crippen MR) is 113 cm³/mol. The minimum Gasteiger partial charge on any atom is -0.362 e. The van der Waals surface area contributed by atoms with E-state index in [4.69, 9.17) is 0 Å². The number of amides is 1. The molecule has 1 aromatic heterocycles. The van der Waals surface area contributed by atoms with Gasteiger partial charge < -0.3 is 10.6 Å². The highest BCUT2D eigenvalue weighted by Gasteiger charge is 2.43. The highest BCUT2D eigenvalue weighted by atomic mass is 19.1. The van der Waals surface area contributed by atoms with Crippen molar-refractivity contribution < 1.29 is 18.4 Å². The number of Topliss-reactive ketones (excluding diaryl/α,β-unsaturated/α-hetero) is 1. The van der Waals surface area contributed by atoms with Crippen LogP contribution in [-0.4, -0.2) is 16.7 Å². The van der Waals surface area contributed by atoms with Crippen LogP contribution >= 0.6 is 0 Å². The van der Waals surface area contributed by atoms with Crippen LogP contribution in [0.4, 0.5) is 14.5 Å². The highest BCUT2D eigenvalue weighted by Crippen LogP contribution is 2.46. The number of anilines is 1. The zero-order valence-electron chi connectivity index (χ0n) is 17.6. The van der Waals surface area contributed by atoms with E-state index in [2.05, 4.69) is 15.6 Å². The monoisotopic (exact) mass is 423 g/mol. The van der Waals surface area contributed by atoms with E-state index in [0.717, 1.165) is 11.8 Å². The molecule has 4 rings (SSSR count). The molecule has 0 saturated carbocycles. The van der Waals surface area contributed by atoms with Crippen molar-refractivity contribution in [3.63, 3.8) is 0 Å². The van der Waals surface area contributed by atoms with E-state index in [0.29, 0.717) is 35.9 Å². The van der Waals surface area contributed by atoms with E-state index >= 15 is 0 Å². The van der Waals surface area contributed by atoms with Crippen molar-refractivity contribution in [1.29, 1.82) is 0 Å². The van der Waals surface area contributed by atoms with Gasteiger partial charge in [-0.1, -0.05) is 19.9 Å². The minimum absolute atomic E-state index is 0.0415. The number of dihydropyridines is 1. The Balaban J connectivity index is 1.79. The van der Waals surface area contributed by atoms with Crippen LogP contribution in [0.3, 0.4) is 0 Å². The van der Waals surface area contributed by atoms with Gasteiger partial charge in [-0.05, 0) is 43.0 Å². The molecule has 1 amide bonds. The molecule has 0 saturated heterocycles. The maximum absolute atomic E-state index is 14.1. The summed E-state index contributed by atoms with van der Waals surface area (Å²) in [6, 6.07) is 8.28. The Morgan fingerprint density at radius 3 is 2.65 bits per heavy atom. The second-order valence-corrected chi connectivity index (χ2v) is 8.76. The van der Waals surface area contributed by atoms with Gasteiger partial charge in [-0.25, -0.2) is 8.78 Å². The number of hydrogen-bond donors (Lipinski definition) is 2. The molecular weight excluding hydrogens is 400 g/mol. The maximum Gasteiger partial charge on any atom is 0.254 e. The molecule has 2 aliphatic rings. The van der Waals surface area contributed by atoms with Crippen molar-refractivity contribution in [2.24, 2.45) is 5.41 Å². The van der Waals surface area contributed by atoms with Crippen molar-refractivity contribution in [3.05, 3.63) is 82.5 Å². The number of ketones is 1. The van der Waals surface area contributed by atoms with Crippen molar-refractivity contribution in [2.45, 2.75) is 39.5 Å². The van der Waals surface area contributed by atoms with Gasteiger partial charge in [0.15, 0.2) is 5.78 Å². The van der Waals surface area contributed by atoms with E-state index in [1.54, 1.807) is 31.3 Å². The summed E-state index contributed by atoms with van der Waals surface area (Å²) in [6.45, 7) is 5.82. The van der Waals surface area contributed by atoms with Crippen LogP contribution in [0.1, 0.15) is 45.2 Å². The number of nitrogens with one attached hydrogen (secondary N) is 2. The van der Waals surface area contributed by atoms with Gasteiger partial charge in [-0.15, -0.1) is 0 Å². The number of hydrogen-bond acceptors (Lipinski definition) is 4. The lowest BCUT2D eigenvalue weighted by atomic mass is 9.69. The second-order valence-electron chi connectivity index (χ2n) is 8.76. The Kier molecular flexibility index (Phi) is 5.21. The molecule has 2 N–H and O–H groups in total. The Bertz CT molecular complexity index is 1140. The van der Waals surface area contributed by atoms with Crippen LogP contribution in [0.2, 0.25) is 0 Å². The van der Waals surface area contributed by atoms with Crippen LogP contribution < -0.4 is 10.6 Å². The van der Waals surface area contributed by atoms with Gasteiger partial charge in [0, 0.05) is 41.2 Å². The Hall–Kier alpha value is -3.35. The van der Waals surface area contributed by atoms with Crippen molar-refractivity contribution in [1.82, 2.24) is 10.3 Å². The molecule has 1 atom stereocenters. The Labute approximate surface area is 179 Å². The van der Waals surface area contributed by atoms with Gasteiger partial charge in [0.05, 0.1) is 17.3 Å². The summed E-state index contributed by atoms with van der Waals surface area (Å²) in [5.41, 5.74) is 2.40. The summed E-state index contributed by atoms with van der Waals surface area (Å²) in [4.78, 5) is 30.9. The fraction of sp³-hybridized carbons (Fsp3) is 0.292. The molecule has 1 aromatic carbocycles. The SMILES string of the molecule is CC1=C(C(=O)Nc2ccc(F)cc2F)[C@@H](c2ccccn2)C2=C(CC(C)(C)CC2=O)N1. The molecule has 0 fully saturated rings. The van der Waals surface area contributed by atoms with Crippen LogP contribution in [0.25, 0.3) is 0 Å². The lowest BCUT2D eigenvalue weighted by molar-refractivity contribution is -0.118. The quantitative estimate of drug-likeness (QED) is 0.757. The third kappa shape index (κ3) is 4.00. The molecule has 1 aliphatic heterocycles. The molecular formula is C24H23F2N3O2. The maximum atomic E-state index is 14.1. The van der Waals surface area contributed by atoms with E-state index < -0.39 is 23.5 Å². The zero-order chi connectivity index (χ0) is 22.3. The van der Waals surface area contributed by atoms with E-state index in [1.807, 2.05) is 13.8 Å². The zero-order valence-corrected chi connectivity index (χ0v) is 17.6. The van der Waals surface area contributed by atoms with Gasteiger partial charge in [-0.2, -0.15) is 0 Å². The summed E-state index contributed by atoms with van der Waals surface area (Å²) in [6.07, 6.45) is 2.63. The van der Waals surface area contributed by atoms with Gasteiger partial charge in [0.2, 0.25) is 0 Å². The fourth-order valence-corrected chi connectivity index (χ4v) is 4.36. The molecule has 5 nitrogen and oxygen atoms in total. The lowest BCUT2D eigenvalue weighted by Crippen LogP contribution is -2.39. The normalized spacial score (nSPS) is 20.3. The fourth-order valence-electron chi connectivity index (χ4n) is 4.36. The number of rotatable bonds is 3. The largest absolute Gasteiger partial charge is 0.362 e. The molecule has 31 heavy (non-hydrogen) atoms. The molecule has 2 aromatic rings. The van der Waals surface area contributed by atoms with Gasteiger partial charge in [0.25, 0.3) is 5.91 Å². The van der Waals surface area contributed by atoms with Crippen LogP contribution in [-0.2, 0) is 9.59 Å². The smallest absolute Gasteiger partial charge is 0.254 e. The third-order valence-electron chi connectivity index (χ3n) is 5.65. The Morgan fingerprint density at radius 1 is 1.19 bits per heavy atom. The van der Waals surface area contributed by atoms with Gasteiger partial charge >= 0.3 is 0 Å². The molecule has 7 heteroatoms. The summed E-state index contributed by atoms with van der Waals surface area (Å²) in [7, 11) is 0. The van der Waals surface area contributed by atoms with Crippen LogP contribution in [0.15, 0.2) is 65.1 Å². The second kappa shape index (κ2) is 7.72. The molecule has 0 radical (unpaired) electrons. The first-order valence-electron chi connectivity index (χ1n) is 10.1. The summed E-state index contributed by atoms with van der Waals surface area (Å²) >= 11 is 0. The number of pyridine rings is 1. The molecule has 1 aliphatic carbocycles. The van der Waals surface area contributed by atoms with Crippen molar-refractivity contribution >= 4 is 17.4 Å². The number of carbonyl (C=O) groups is 2. The van der Waals surface area contributed by atoms with E-state index in [9.17, 15) is 18.4 Å². The predicted octanol–water partition coefficient (Wildman–Crippen LogP) is 4.60. The average Bonchev–Trinajstić information content (AvgIpc) is 2.68. The minimum atomic E-state index is -0.875. The number of carbonyl (C=O) groups excluding carboxylic acids is 2. The lowest BCUT2D eigenvalue weighted by Gasteiger charge is -2.39. The summed E-state index contributed by atoms with van der Waals surface area (Å²) in [5.74, 6) is -2.90. The average molecular weight is 423 g/mol. The first kappa shape index (κ1) is 20.9. The number of halogens is 2. The van der Waals surface area contributed by atoms with E-state index in [-0.39, 0.29) is 22.5 Å². The molecule has 2 heterocycles. The summed E-state index contributed by atoms with van der Waals surface area (Å²) in [5, 5.41) is 5.76. The standard InChI is InChI=1S/C24H23F2N3O2/c1-13-20(23(31)29-16-8-7-14(25)10-15(16)26)22(17-6-4-5-9-27-17)21-18(28-13)11-24(2,3)12-19(21)30/h4-10,22,28H,11-12H2,1-3H3,(H,29,31)/t22-/m1/s1. The first-order chi connectivity index (χ1) is 14.7. The molecule has 0 unspecified atom stereocenters. The van der Waals surface area contributed by atoms with Gasteiger partial charge in [-0.3, -0.25) is 14.6 Å². The number of aromatic nitrogens is 1. The highest BCUT2D eigenvalue weighted by molar-refractivity contribution is 6.09. The molecule has 0 spiro atoms. The number of nitrogens with zero attached hydrogens (tertiary/aromatic N) is 1. The Morgan fingerprint density at radius 2 is 1.97 bits per heavy atom. The van der Waals surface area contributed by atoms with E-state index in [1.165, 1.54) is 6.07 Å². The first-order valence-corrected chi connectivity index (χ1v) is 10.1. The third-order valence-corrected chi connectivity index (χ3v) is 5.65. The molecule has 0 bridgehead atoms. The summed E-state index contributed by atoms with van der Waals surface area (Å²) < 4.78 is 27.4. The van der Waals surface area contributed by atoms with Crippen molar-refractivity contribution in [2.75, 3.05) is 5.32 Å².